The van der Waals surface area contributed by atoms with E-state index in [9.17, 15) is 0 Å². The molecule has 1 aromatic carbocycles. The SMILES string of the molecule is Cc1cccc2c1C=NC(N)N2. The molecule has 0 aromatic heterocycles. The fourth-order valence-electron chi connectivity index (χ4n) is 1.33. The van der Waals surface area contributed by atoms with Gasteiger partial charge in [0, 0.05) is 17.5 Å². The first-order valence-corrected chi connectivity index (χ1v) is 3.92. The third-order valence-corrected chi connectivity index (χ3v) is 1.99. The van der Waals surface area contributed by atoms with Crippen molar-refractivity contribution in [3.8, 4) is 0 Å². The number of hydrogen-bond acceptors (Lipinski definition) is 3. The average molecular weight is 161 g/mol. The first-order valence-electron chi connectivity index (χ1n) is 3.92. The number of fused-ring (bicyclic) bond motifs is 1. The Morgan fingerprint density at radius 1 is 1.50 bits per heavy atom. The lowest BCUT2D eigenvalue weighted by molar-refractivity contribution is 0.805. The molecule has 0 amide bonds. The molecule has 1 unspecified atom stereocenters. The Balaban J connectivity index is 2.53. The summed E-state index contributed by atoms with van der Waals surface area (Å²) in [7, 11) is 0. The first kappa shape index (κ1) is 7.31. The molecular formula is C9H11N3. The number of hydrogen-bond donors (Lipinski definition) is 2. The average Bonchev–Trinajstić information content (AvgIpc) is 2.04. The van der Waals surface area contributed by atoms with E-state index in [1.807, 2.05) is 18.3 Å². The Bertz CT molecular complexity index is 331. The van der Waals surface area contributed by atoms with Gasteiger partial charge in [-0.1, -0.05) is 12.1 Å². The number of benzene rings is 1. The van der Waals surface area contributed by atoms with E-state index in [1.54, 1.807) is 0 Å². The molecule has 0 saturated heterocycles. The molecule has 2 rings (SSSR count). The van der Waals surface area contributed by atoms with E-state index in [0.717, 1.165) is 11.3 Å². The van der Waals surface area contributed by atoms with Gasteiger partial charge >= 0.3 is 0 Å². The van der Waals surface area contributed by atoms with Crippen molar-refractivity contribution < 1.29 is 0 Å². The van der Waals surface area contributed by atoms with Crippen LogP contribution in [0.1, 0.15) is 11.1 Å². The van der Waals surface area contributed by atoms with Crippen LogP contribution in [0, 0.1) is 6.92 Å². The molecule has 1 aromatic rings. The molecule has 0 bridgehead atoms. The minimum absolute atomic E-state index is 0.292. The maximum absolute atomic E-state index is 5.59. The molecule has 0 fully saturated rings. The van der Waals surface area contributed by atoms with Crippen molar-refractivity contribution >= 4 is 11.9 Å². The fourth-order valence-corrected chi connectivity index (χ4v) is 1.33. The summed E-state index contributed by atoms with van der Waals surface area (Å²) in [5, 5.41) is 3.08. The summed E-state index contributed by atoms with van der Waals surface area (Å²) in [6.07, 6.45) is 1.53. The zero-order valence-electron chi connectivity index (χ0n) is 6.91. The van der Waals surface area contributed by atoms with Crippen molar-refractivity contribution in [1.82, 2.24) is 0 Å². The zero-order valence-corrected chi connectivity index (χ0v) is 6.91. The van der Waals surface area contributed by atoms with Crippen LogP contribution in [0.15, 0.2) is 23.2 Å². The van der Waals surface area contributed by atoms with Gasteiger partial charge in [0.25, 0.3) is 0 Å². The molecule has 0 saturated carbocycles. The lowest BCUT2D eigenvalue weighted by Gasteiger charge is -2.19. The molecule has 1 aliphatic heterocycles. The van der Waals surface area contributed by atoms with E-state index in [1.165, 1.54) is 5.56 Å². The third-order valence-electron chi connectivity index (χ3n) is 1.99. The number of anilines is 1. The van der Waals surface area contributed by atoms with Crippen LogP contribution in [-0.2, 0) is 0 Å². The van der Waals surface area contributed by atoms with Crippen LogP contribution < -0.4 is 11.1 Å². The van der Waals surface area contributed by atoms with Crippen LogP contribution >= 0.6 is 0 Å². The molecule has 62 valence electrons. The van der Waals surface area contributed by atoms with Crippen molar-refractivity contribution in [2.75, 3.05) is 5.32 Å². The summed E-state index contributed by atoms with van der Waals surface area (Å²) in [6.45, 7) is 2.06. The van der Waals surface area contributed by atoms with E-state index in [2.05, 4.69) is 23.3 Å². The lowest BCUT2D eigenvalue weighted by atomic mass is 10.1. The number of nitrogens with one attached hydrogen (secondary N) is 1. The Kier molecular flexibility index (Phi) is 1.59. The molecule has 3 heteroatoms. The van der Waals surface area contributed by atoms with E-state index in [0.29, 0.717) is 0 Å². The van der Waals surface area contributed by atoms with Crippen LogP contribution in [-0.4, -0.2) is 12.5 Å². The van der Waals surface area contributed by atoms with Crippen molar-refractivity contribution in [3.05, 3.63) is 29.3 Å². The van der Waals surface area contributed by atoms with Gasteiger partial charge in [-0.15, -0.1) is 0 Å². The van der Waals surface area contributed by atoms with Gasteiger partial charge in [0.1, 0.15) is 0 Å². The maximum Gasteiger partial charge on any atom is 0.171 e. The Hall–Kier alpha value is -1.35. The monoisotopic (exact) mass is 161 g/mol. The smallest absolute Gasteiger partial charge is 0.171 e. The number of aliphatic imine (C=N–C) groups is 1. The summed E-state index contributed by atoms with van der Waals surface area (Å²) in [4.78, 5) is 4.07. The summed E-state index contributed by atoms with van der Waals surface area (Å²) in [5.41, 5.74) is 9.01. The van der Waals surface area contributed by atoms with Gasteiger partial charge in [0.15, 0.2) is 6.29 Å². The van der Waals surface area contributed by atoms with Crippen molar-refractivity contribution in [3.63, 3.8) is 0 Å². The van der Waals surface area contributed by atoms with Crippen LogP contribution in [0.5, 0.6) is 0 Å². The molecule has 0 aliphatic carbocycles. The van der Waals surface area contributed by atoms with E-state index < -0.39 is 0 Å². The standard InChI is InChI=1S/C9H11N3/c1-6-3-2-4-8-7(6)5-11-9(10)12-8/h2-5,9,12H,10H2,1H3. The Morgan fingerprint density at radius 3 is 3.17 bits per heavy atom. The number of nitrogens with zero attached hydrogens (tertiary/aromatic N) is 1. The predicted molar refractivity (Wildman–Crippen MR) is 50.4 cm³/mol. The molecule has 0 radical (unpaired) electrons. The highest BCUT2D eigenvalue weighted by molar-refractivity contribution is 5.91. The normalized spacial score (nSPS) is 20.0. The highest BCUT2D eigenvalue weighted by Gasteiger charge is 2.09. The van der Waals surface area contributed by atoms with E-state index >= 15 is 0 Å². The van der Waals surface area contributed by atoms with Crippen LogP contribution in [0.2, 0.25) is 0 Å². The molecule has 1 atom stereocenters. The second-order valence-electron chi connectivity index (χ2n) is 2.90. The Morgan fingerprint density at radius 2 is 2.33 bits per heavy atom. The second kappa shape index (κ2) is 2.60. The van der Waals surface area contributed by atoms with Gasteiger partial charge in [-0.25, -0.2) is 0 Å². The quantitative estimate of drug-likeness (QED) is 0.598. The summed E-state index contributed by atoms with van der Waals surface area (Å²) < 4.78 is 0. The van der Waals surface area contributed by atoms with Crippen LogP contribution in [0.25, 0.3) is 0 Å². The van der Waals surface area contributed by atoms with E-state index in [-0.39, 0.29) is 6.29 Å². The molecule has 12 heavy (non-hydrogen) atoms. The highest BCUT2D eigenvalue weighted by Crippen LogP contribution is 2.20. The largest absolute Gasteiger partial charge is 0.351 e. The number of aryl methyl sites for hydroxylation is 1. The van der Waals surface area contributed by atoms with Gasteiger partial charge < -0.3 is 5.32 Å². The summed E-state index contributed by atoms with van der Waals surface area (Å²) in [5.74, 6) is 0. The second-order valence-corrected chi connectivity index (χ2v) is 2.90. The predicted octanol–water partition coefficient (Wildman–Crippen LogP) is 1.08. The Labute approximate surface area is 71.3 Å². The summed E-state index contributed by atoms with van der Waals surface area (Å²) in [6, 6.07) is 6.07. The number of nitrogens with two attached hydrogens (primary N) is 1. The molecule has 1 heterocycles. The molecule has 0 spiro atoms. The van der Waals surface area contributed by atoms with Gasteiger partial charge in [0.2, 0.25) is 0 Å². The number of rotatable bonds is 0. The van der Waals surface area contributed by atoms with Gasteiger partial charge in [-0.05, 0) is 18.6 Å². The zero-order chi connectivity index (χ0) is 8.55. The topological polar surface area (TPSA) is 50.4 Å². The maximum atomic E-state index is 5.59. The van der Waals surface area contributed by atoms with Crippen LogP contribution in [0.3, 0.4) is 0 Å². The minimum Gasteiger partial charge on any atom is -0.351 e. The fraction of sp³-hybridized carbons (Fsp3) is 0.222. The van der Waals surface area contributed by atoms with Crippen molar-refractivity contribution in [1.29, 1.82) is 0 Å². The van der Waals surface area contributed by atoms with Crippen LogP contribution in [0.4, 0.5) is 5.69 Å². The van der Waals surface area contributed by atoms with Crippen molar-refractivity contribution in [2.45, 2.75) is 13.2 Å². The molecule has 3 N–H and O–H groups in total. The van der Waals surface area contributed by atoms with Crippen molar-refractivity contribution in [2.24, 2.45) is 10.7 Å². The molecule has 1 aliphatic rings. The summed E-state index contributed by atoms with van der Waals surface area (Å²) >= 11 is 0. The minimum atomic E-state index is -0.292. The van der Waals surface area contributed by atoms with Gasteiger partial charge in [-0.2, -0.15) is 0 Å². The lowest BCUT2D eigenvalue weighted by Crippen LogP contribution is -2.30. The highest BCUT2D eigenvalue weighted by atomic mass is 15.2. The van der Waals surface area contributed by atoms with E-state index in [4.69, 9.17) is 5.73 Å². The van der Waals surface area contributed by atoms with Gasteiger partial charge in [0.05, 0.1) is 0 Å². The molecule has 3 nitrogen and oxygen atoms in total. The third kappa shape index (κ3) is 1.08. The first-order chi connectivity index (χ1) is 5.77. The molecular weight excluding hydrogens is 150 g/mol. The van der Waals surface area contributed by atoms with Gasteiger partial charge in [-0.3, -0.25) is 10.7 Å².